The Bertz CT molecular complexity index is 876. The number of piperazine rings is 1. The van der Waals surface area contributed by atoms with Crippen LogP contribution in [0.5, 0.6) is 0 Å². The maximum absolute atomic E-state index is 5.27. The van der Waals surface area contributed by atoms with Crippen LogP contribution < -0.4 is 15.9 Å². The molecule has 1 saturated heterocycles. The number of thiazole rings is 1. The molecule has 6 heteroatoms. The van der Waals surface area contributed by atoms with Crippen LogP contribution in [0.25, 0.3) is 11.8 Å². The van der Waals surface area contributed by atoms with Crippen molar-refractivity contribution in [2.75, 3.05) is 33.4 Å². The van der Waals surface area contributed by atoms with Gasteiger partial charge in [0.25, 0.3) is 0 Å². The van der Waals surface area contributed by atoms with Gasteiger partial charge < -0.3 is 15.0 Å². The summed E-state index contributed by atoms with van der Waals surface area (Å²) in [6.45, 7) is 5.79. The molecule has 1 aliphatic heterocycles. The lowest BCUT2D eigenvalue weighted by Crippen LogP contribution is -2.52. The molecule has 1 unspecified atom stereocenters. The summed E-state index contributed by atoms with van der Waals surface area (Å²) in [5.41, 5.74) is 2.33. The summed E-state index contributed by atoms with van der Waals surface area (Å²) < 4.78 is 5.27. The van der Waals surface area contributed by atoms with Crippen LogP contribution in [0.2, 0.25) is 0 Å². The third-order valence-corrected chi connectivity index (χ3v) is 5.83. The number of methoxy groups -OCH3 is 1. The van der Waals surface area contributed by atoms with Crippen molar-refractivity contribution in [3.05, 3.63) is 44.5 Å². The number of ether oxygens (including phenoxy) is 1. The van der Waals surface area contributed by atoms with Crippen molar-refractivity contribution < 1.29 is 4.74 Å². The first-order chi connectivity index (χ1) is 12.3. The average Bonchev–Trinajstić information content (AvgIpc) is 2.93. The van der Waals surface area contributed by atoms with Crippen molar-refractivity contribution >= 4 is 23.1 Å². The Kier molecular flexibility index (Phi) is 4.83. The Morgan fingerprint density at radius 3 is 3.24 bits per heavy atom. The molecule has 1 fully saturated rings. The molecule has 0 spiro atoms. The Labute approximate surface area is 152 Å². The zero-order chi connectivity index (χ0) is 17.2. The van der Waals surface area contributed by atoms with Gasteiger partial charge in [-0.15, -0.1) is 11.3 Å². The molecule has 0 aromatic carbocycles. The molecule has 2 aromatic rings. The van der Waals surface area contributed by atoms with E-state index in [4.69, 9.17) is 14.7 Å². The predicted octanol–water partition coefficient (Wildman–Crippen LogP) is 0.650. The van der Waals surface area contributed by atoms with Gasteiger partial charge in [0.2, 0.25) is 0 Å². The lowest BCUT2D eigenvalue weighted by atomic mass is 10.1. The summed E-state index contributed by atoms with van der Waals surface area (Å²) in [6.07, 6.45) is 6.13. The number of aromatic nitrogens is 2. The molecule has 1 atom stereocenters. The van der Waals surface area contributed by atoms with Crippen LogP contribution in [0.15, 0.2) is 18.3 Å². The lowest BCUT2D eigenvalue weighted by molar-refractivity contribution is 0.166. The topological polar surface area (TPSA) is 50.3 Å². The van der Waals surface area contributed by atoms with Crippen LogP contribution in [0.1, 0.15) is 22.0 Å². The zero-order valence-electron chi connectivity index (χ0n) is 14.8. The number of hydrogen-bond acceptors (Lipinski definition) is 6. The molecule has 1 aliphatic carbocycles. The maximum Gasteiger partial charge on any atom is 0.103 e. The largest absolute Gasteiger partial charge is 0.385 e. The highest BCUT2D eigenvalue weighted by atomic mass is 32.1. The van der Waals surface area contributed by atoms with Gasteiger partial charge in [-0.1, -0.05) is 12.1 Å². The molecular weight excluding hydrogens is 332 g/mol. The summed E-state index contributed by atoms with van der Waals surface area (Å²) >= 11 is 1.80. The number of rotatable bonds is 4. The molecule has 25 heavy (non-hydrogen) atoms. The second-order valence-electron chi connectivity index (χ2n) is 6.58. The van der Waals surface area contributed by atoms with Crippen LogP contribution in [-0.2, 0) is 11.2 Å². The van der Waals surface area contributed by atoms with Gasteiger partial charge in [-0.05, 0) is 24.6 Å². The number of pyridine rings is 1. The average molecular weight is 356 g/mol. The molecule has 1 N–H and O–H groups in total. The zero-order valence-corrected chi connectivity index (χ0v) is 15.6. The van der Waals surface area contributed by atoms with Gasteiger partial charge in [0.15, 0.2) is 0 Å². The fraction of sp³-hybridized carbons (Fsp3) is 0.474. The molecule has 2 aliphatic rings. The van der Waals surface area contributed by atoms with Crippen LogP contribution >= 0.6 is 11.3 Å². The number of aryl methyl sites for hydroxylation is 1. The smallest absolute Gasteiger partial charge is 0.103 e. The minimum atomic E-state index is 0.434. The fourth-order valence-electron chi connectivity index (χ4n) is 3.67. The molecule has 2 aromatic heterocycles. The van der Waals surface area contributed by atoms with E-state index >= 15 is 0 Å². The second-order valence-corrected chi connectivity index (χ2v) is 7.87. The van der Waals surface area contributed by atoms with E-state index < -0.39 is 0 Å². The van der Waals surface area contributed by atoms with Crippen LogP contribution in [0, 0.1) is 6.92 Å². The molecule has 132 valence electrons. The van der Waals surface area contributed by atoms with E-state index in [-0.39, 0.29) is 0 Å². The quantitative estimate of drug-likeness (QED) is 0.872. The van der Waals surface area contributed by atoms with E-state index in [2.05, 4.69) is 29.3 Å². The summed E-state index contributed by atoms with van der Waals surface area (Å²) in [5, 5.41) is 7.02. The first-order valence-electron chi connectivity index (χ1n) is 8.85. The van der Waals surface area contributed by atoms with Crippen molar-refractivity contribution in [3.63, 3.8) is 0 Å². The normalized spacial score (nSPS) is 19.8. The predicted molar refractivity (Wildman–Crippen MR) is 101 cm³/mol. The van der Waals surface area contributed by atoms with Crippen molar-refractivity contribution in [1.82, 2.24) is 20.2 Å². The Morgan fingerprint density at radius 2 is 2.36 bits per heavy atom. The van der Waals surface area contributed by atoms with Gasteiger partial charge in [-0.2, -0.15) is 0 Å². The molecule has 5 nitrogen and oxygen atoms in total. The van der Waals surface area contributed by atoms with Crippen molar-refractivity contribution in [2.45, 2.75) is 25.8 Å². The van der Waals surface area contributed by atoms with Gasteiger partial charge in [0.1, 0.15) is 5.69 Å². The highest BCUT2D eigenvalue weighted by molar-refractivity contribution is 7.11. The third-order valence-electron chi connectivity index (χ3n) is 4.84. The number of fused-ring (bicyclic) bond motifs is 2. The molecule has 0 bridgehead atoms. The summed E-state index contributed by atoms with van der Waals surface area (Å²) in [7, 11) is 1.76. The summed E-state index contributed by atoms with van der Waals surface area (Å²) in [5.74, 6) is 0. The fourth-order valence-corrected chi connectivity index (χ4v) is 4.57. The van der Waals surface area contributed by atoms with E-state index in [1.54, 1.807) is 18.4 Å². The highest BCUT2D eigenvalue weighted by Gasteiger charge is 2.26. The van der Waals surface area contributed by atoms with E-state index in [0.717, 1.165) is 55.1 Å². The van der Waals surface area contributed by atoms with Crippen molar-refractivity contribution in [3.8, 4) is 0 Å². The maximum atomic E-state index is 5.27. The molecule has 0 amide bonds. The van der Waals surface area contributed by atoms with Crippen LogP contribution in [-0.4, -0.2) is 54.3 Å². The number of nitrogens with one attached hydrogen (secondary N) is 1. The minimum absolute atomic E-state index is 0.434. The Hall–Kier alpha value is -1.76. The second kappa shape index (κ2) is 7.23. The SMILES string of the molecule is COCCC1CN(C2=c3ncccc3=CCc3sc(C)nc32)CCN1. The van der Waals surface area contributed by atoms with E-state index in [1.165, 1.54) is 15.8 Å². The first kappa shape index (κ1) is 16.7. The van der Waals surface area contributed by atoms with Crippen molar-refractivity contribution in [2.24, 2.45) is 0 Å². The van der Waals surface area contributed by atoms with E-state index in [9.17, 15) is 0 Å². The Morgan fingerprint density at radius 1 is 1.44 bits per heavy atom. The Balaban J connectivity index is 1.80. The van der Waals surface area contributed by atoms with Gasteiger partial charge in [-0.3, -0.25) is 4.98 Å². The van der Waals surface area contributed by atoms with Crippen LogP contribution in [0.4, 0.5) is 0 Å². The lowest BCUT2D eigenvalue weighted by Gasteiger charge is -2.36. The first-order valence-corrected chi connectivity index (χ1v) is 9.67. The molecular formula is C19H24N4OS. The summed E-state index contributed by atoms with van der Waals surface area (Å²) in [6, 6.07) is 4.62. The molecule has 0 saturated carbocycles. The van der Waals surface area contributed by atoms with Gasteiger partial charge >= 0.3 is 0 Å². The standard InChI is InChI=1S/C19H24N4OS/c1-13-22-18-16(25-13)6-5-14-4-3-8-21-17(14)19(18)23-10-9-20-15(12-23)7-11-24-2/h3-5,8,15,20H,6-7,9-12H2,1-2H3. The molecule has 3 heterocycles. The van der Waals surface area contributed by atoms with E-state index in [1.807, 2.05) is 12.3 Å². The highest BCUT2D eigenvalue weighted by Crippen LogP contribution is 2.27. The van der Waals surface area contributed by atoms with Gasteiger partial charge in [0.05, 0.1) is 16.1 Å². The van der Waals surface area contributed by atoms with Gasteiger partial charge in [0, 0.05) is 56.9 Å². The van der Waals surface area contributed by atoms with E-state index in [0.29, 0.717) is 6.04 Å². The monoisotopic (exact) mass is 356 g/mol. The third kappa shape index (κ3) is 3.34. The van der Waals surface area contributed by atoms with Crippen LogP contribution in [0.3, 0.4) is 0 Å². The number of hydrogen-bond donors (Lipinski definition) is 1. The molecule has 0 radical (unpaired) electrons. The molecule has 4 rings (SSSR count). The van der Waals surface area contributed by atoms with Crippen molar-refractivity contribution in [1.29, 1.82) is 0 Å². The minimum Gasteiger partial charge on any atom is -0.385 e. The summed E-state index contributed by atoms with van der Waals surface area (Å²) in [4.78, 5) is 13.4. The number of nitrogens with zero attached hydrogens (tertiary/aromatic N) is 3. The van der Waals surface area contributed by atoms with Gasteiger partial charge in [-0.25, -0.2) is 4.98 Å².